The van der Waals surface area contributed by atoms with Crippen molar-refractivity contribution >= 4 is 40.7 Å². The number of primary amides is 1. The van der Waals surface area contributed by atoms with Crippen LogP contribution in [0.2, 0.25) is 10.0 Å². The normalized spacial score (nSPS) is 10.5. The molecule has 1 rings (SSSR count). The van der Waals surface area contributed by atoms with Gasteiger partial charge in [0.2, 0.25) is 5.91 Å². The highest BCUT2D eigenvalue weighted by atomic mass is 35.5. The Balaban J connectivity index is 3.33. The molecular weight excluding hydrogens is 321 g/mol. The van der Waals surface area contributed by atoms with Gasteiger partial charge in [-0.2, -0.15) is 0 Å². The number of hydrogen-bond acceptors (Lipinski definition) is 4. The van der Waals surface area contributed by atoms with Crippen molar-refractivity contribution in [3.63, 3.8) is 0 Å². The summed E-state index contributed by atoms with van der Waals surface area (Å²) in [4.78, 5) is 34.8. The van der Waals surface area contributed by atoms with Gasteiger partial charge in [-0.15, -0.1) is 0 Å². The fraction of sp³-hybridized carbons (Fsp3) is 0.333. The molecule has 0 fully saturated rings. The summed E-state index contributed by atoms with van der Waals surface area (Å²) in [6.07, 6.45) is 0. The molecule has 0 aromatic heterocycles. The van der Waals surface area contributed by atoms with Crippen molar-refractivity contribution in [1.82, 2.24) is 4.90 Å². The maximum atomic E-state index is 12.4. The summed E-state index contributed by atoms with van der Waals surface area (Å²) in [6, 6.07) is 1.72. The van der Waals surface area contributed by atoms with E-state index in [1.54, 1.807) is 13.8 Å². The molecule has 0 aliphatic heterocycles. The van der Waals surface area contributed by atoms with Gasteiger partial charge in [0, 0.05) is 18.2 Å². The summed E-state index contributed by atoms with van der Waals surface area (Å²) < 4.78 is 0. The van der Waals surface area contributed by atoms with Gasteiger partial charge in [-0.25, -0.2) is 0 Å². The van der Waals surface area contributed by atoms with E-state index in [0.717, 1.165) is 17.0 Å². The SMILES string of the molecule is CC(C)N(CC(N)=O)C(=O)c1cc([N+](=O)[O-])cc(Cl)c1Cl. The third kappa shape index (κ3) is 4.05. The summed E-state index contributed by atoms with van der Waals surface area (Å²) in [5.41, 5.74) is 4.58. The van der Waals surface area contributed by atoms with Crippen LogP contribution in [0.5, 0.6) is 0 Å². The summed E-state index contributed by atoms with van der Waals surface area (Å²) >= 11 is 11.7. The number of non-ortho nitro benzene ring substituents is 1. The molecule has 0 saturated carbocycles. The highest BCUT2D eigenvalue weighted by Gasteiger charge is 2.26. The minimum atomic E-state index is -0.704. The number of rotatable bonds is 5. The molecule has 0 radical (unpaired) electrons. The average Bonchev–Trinajstić information content (AvgIpc) is 2.37. The Hall–Kier alpha value is -1.86. The van der Waals surface area contributed by atoms with E-state index in [9.17, 15) is 19.7 Å². The standard InChI is InChI=1S/C12H13Cl2N3O4/c1-6(2)16(5-10(15)18)12(19)8-3-7(17(20)21)4-9(13)11(8)14/h3-4,6H,5H2,1-2H3,(H2,15,18). The first-order valence-electron chi connectivity index (χ1n) is 5.87. The molecule has 0 heterocycles. The van der Waals surface area contributed by atoms with Crippen LogP contribution in [-0.4, -0.2) is 34.2 Å². The van der Waals surface area contributed by atoms with Crippen molar-refractivity contribution in [2.75, 3.05) is 6.54 Å². The maximum Gasteiger partial charge on any atom is 0.271 e. The summed E-state index contributed by atoms with van der Waals surface area (Å²) in [7, 11) is 0. The Morgan fingerprint density at radius 3 is 2.38 bits per heavy atom. The Kier molecular flexibility index (Phi) is 5.51. The Morgan fingerprint density at radius 2 is 1.95 bits per heavy atom. The lowest BCUT2D eigenvalue weighted by molar-refractivity contribution is -0.384. The van der Waals surface area contributed by atoms with E-state index in [-0.39, 0.29) is 33.9 Å². The van der Waals surface area contributed by atoms with Gasteiger partial charge < -0.3 is 10.6 Å². The van der Waals surface area contributed by atoms with Gasteiger partial charge in [-0.05, 0) is 13.8 Å². The molecule has 114 valence electrons. The third-order valence-electron chi connectivity index (χ3n) is 2.66. The first kappa shape index (κ1) is 17.2. The van der Waals surface area contributed by atoms with Crippen molar-refractivity contribution in [3.05, 3.63) is 37.9 Å². The van der Waals surface area contributed by atoms with Gasteiger partial charge in [0.25, 0.3) is 11.6 Å². The second kappa shape index (κ2) is 6.73. The number of nitrogens with two attached hydrogens (primary N) is 1. The second-order valence-corrected chi connectivity index (χ2v) is 5.32. The van der Waals surface area contributed by atoms with Crippen LogP contribution in [0.1, 0.15) is 24.2 Å². The number of nitro benzene ring substituents is 1. The molecule has 0 aliphatic carbocycles. The van der Waals surface area contributed by atoms with Crippen molar-refractivity contribution in [2.45, 2.75) is 19.9 Å². The van der Waals surface area contributed by atoms with Gasteiger partial charge in [-0.1, -0.05) is 23.2 Å². The van der Waals surface area contributed by atoms with E-state index in [4.69, 9.17) is 28.9 Å². The average molecular weight is 334 g/mol. The zero-order valence-electron chi connectivity index (χ0n) is 11.3. The Bertz CT molecular complexity index is 604. The van der Waals surface area contributed by atoms with Crippen LogP contribution in [0.4, 0.5) is 5.69 Å². The van der Waals surface area contributed by atoms with E-state index in [1.807, 2.05) is 0 Å². The number of nitro groups is 1. The van der Waals surface area contributed by atoms with Crippen molar-refractivity contribution in [1.29, 1.82) is 0 Å². The molecule has 0 aliphatic rings. The molecule has 7 nitrogen and oxygen atoms in total. The number of hydrogen-bond donors (Lipinski definition) is 1. The van der Waals surface area contributed by atoms with E-state index < -0.39 is 16.7 Å². The smallest absolute Gasteiger partial charge is 0.271 e. The Morgan fingerprint density at radius 1 is 1.38 bits per heavy atom. The largest absolute Gasteiger partial charge is 0.368 e. The van der Waals surface area contributed by atoms with Crippen molar-refractivity contribution in [3.8, 4) is 0 Å². The number of nitrogens with zero attached hydrogens (tertiary/aromatic N) is 2. The van der Waals surface area contributed by atoms with Crippen LogP contribution in [0.25, 0.3) is 0 Å². The van der Waals surface area contributed by atoms with Crippen LogP contribution in [0.15, 0.2) is 12.1 Å². The monoisotopic (exact) mass is 333 g/mol. The molecule has 9 heteroatoms. The van der Waals surface area contributed by atoms with E-state index in [1.165, 1.54) is 0 Å². The Labute approximate surface area is 130 Å². The maximum absolute atomic E-state index is 12.4. The third-order valence-corrected chi connectivity index (χ3v) is 3.47. The number of halogens is 2. The predicted octanol–water partition coefficient (Wildman–Crippen LogP) is 2.24. The van der Waals surface area contributed by atoms with Crippen LogP contribution in [0.3, 0.4) is 0 Å². The molecule has 2 amide bonds. The highest BCUT2D eigenvalue weighted by Crippen LogP contribution is 2.31. The van der Waals surface area contributed by atoms with Crippen LogP contribution >= 0.6 is 23.2 Å². The lowest BCUT2D eigenvalue weighted by Crippen LogP contribution is -2.42. The first-order chi connectivity index (χ1) is 9.65. The number of amides is 2. The van der Waals surface area contributed by atoms with E-state index in [2.05, 4.69) is 0 Å². The summed E-state index contributed by atoms with van der Waals surface area (Å²) in [5, 5.41) is 10.6. The first-order valence-corrected chi connectivity index (χ1v) is 6.63. The van der Waals surface area contributed by atoms with Gasteiger partial charge in [0.05, 0.1) is 27.1 Å². The molecule has 0 bridgehead atoms. The minimum Gasteiger partial charge on any atom is -0.368 e. The molecule has 0 unspecified atom stereocenters. The quantitative estimate of drug-likeness (QED) is 0.658. The van der Waals surface area contributed by atoms with Crippen LogP contribution < -0.4 is 5.73 Å². The highest BCUT2D eigenvalue weighted by molar-refractivity contribution is 6.44. The lowest BCUT2D eigenvalue weighted by atomic mass is 10.1. The molecule has 0 atom stereocenters. The number of carbonyl (C=O) groups is 2. The fourth-order valence-electron chi connectivity index (χ4n) is 1.65. The second-order valence-electron chi connectivity index (χ2n) is 4.54. The molecular formula is C12H13Cl2N3O4. The van der Waals surface area contributed by atoms with Gasteiger partial charge in [-0.3, -0.25) is 19.7 Å². The molecule has 1 aromatic carbocycles. The van der Waals surface area contributed by atoms with Crippen molar-refractivity contribution < 1.29 is 14.5 Å². The van der Waals surface area contributed by atoms with E-state index >= 15 is 0 Å². The molecule has 21 heavy (non-hydrogen) atoms. The molecule has 0 spiro atoms. The predicted molar refractivity (Wildman–Crippen MR) is 78.5 cm³/mol. The molecule has 2 N–H and O–H groups in total. The minimum absolute atomic E-state index is 0.109. The van der Waals surface area contributed by atoms with Gasteiger partial charge in [0.15, 0.2) is 0 Å². The lowest BCUT2D eigenvalue weighted by Gasteiger charge is -2.25. The van der Waals surface area contributed by atoms with Gasteiger partial charge >= 0.3 is 0 Å². The zero-order chi connectivity index (χ0) is 16.3. The topological polar surface area (TPSA) is 107 Å². The number of carbonyl (C=O) groups excluding carboxylic acids is 2. The zero-order valence-corrected chi connectivity index (χ0v) is 12.8. The number of benzene rings is 1. The summed E-state index contributed by atoms with van der Waals surface area (Å²) in [6.45, 7) is 3.02. The molecule has 0 saturated heterocycles. The van der Waals surface area contributed by atoms with Crippen molar-refractivity contribution in [2.24, 2.45) is 5.73 Å². The van der Waals surface area contributed by atoms with E-state index in [0.29, 0.717) is 0 Å². The van der Waals surface area contributed by atoms with Crippen LogP contribution in [-0.2, 0) is 4.79 Å². The van der Waals surface area contributed by atoms with Crippen LogP contribution in [0, 0.1) is 10.1 Å². The fourth-order valence-corrected chi connectivity index (χ4v) is 2.05. The summed E-state index contributed by atoms with van der Waals surface area (Å²) in [5.74, 6) is -1.36. The van der Waals surface area contributed by atoms with Gasteiger partial charge in [0.1, 0.15) is 0 Å². The molecule has 1 aromatic rings.